The van der Waals surface area contributed by atoms with Crippen LogP contribution in [0.4, 0.5) is 0 Å². The molecule has 0 unspecified atom stereocenters. The van der Waals surface area contributed by atoms with Crippen LogP contribution in [0, 0.1) is 14.4 Å². The number of rotatable bonds is 2. The summed E-state index contributed by atoms with van der Waals surface area (Å²) in [4.78, 5) is 0. The Balaban J connectivity index is -0.0000000800. The molecule has 0 atom stereocenters. The maximum absolute atomic E-state index is 3.68. The molecule has 0 rings (SSSR count). The Bertz CT molecular complexity index is 11.7. The van der Waals surface area contributed by atoms with E-state index in [0.29, 0.717) is 0 Å². The van der Waals surface area contributed by atoms with E-state index in [-0.39, 0.29) is 33.3 Å². The van der Waals surface area contributed by atoms with Crippen molar-refractivity contribution in [2.24, 2.45) is 0 Å². The molecule has 0 saturated carbocycles. The van der Waals surface area contributed by atoms with Crippen LogP contribution in [-0.2, 0) is 25.8 Å². The van der Waals surface area contributed by atoms with Gasteiger partial charge in [0, 0.05) is 25.8 Å². The van der Waals surface area contributed by atoms with E-state index in [1.807, 2.05) is 0 Å². The van der Waals surface area contributed by atoms with Crippen molar-refractivity contribution in [3.63, 3.8) is 0 Å². The van der Waals surface area contributed by atoms with Crippen molar-refractivity contribution in [1.82, 2.24) is 0 Å². The van der Waals surface area contributed by atoms with E-state index in [9.17, 15) is 0 Å². The van der Waals surface area contributed by atoms with Gasteiger partial charge in [-0.1, -0.05) is 19.8 Å². The standard InChI is InChI=1S/C5H11.CH3.Sc/c1-3-5-4-2;;/h1,3-5H2,2H3;1H3;/q2*-1;. The minimum atomic E-state index is 0. The molecule has 0 amide bonds. The van der Waals surface area contributed by atoms with Gasteiger partial charge in [0.2, 0.25) is 0 Å². The summed E-state index contributed by atoms with van der Waals surface area (Å²) in [5.74, 6) is 0. The molecule has 7 heavy (non-hydrogen) atoms. The summed E-state index contributed by atoms with van der Waals surface area (Å²) in [5.41, 5.74) is 0. The van der Waals surface area contributed by atoms with Crippen LogP contribution in [0.15, 0.2) is 0 Å². The van der Waals surface area contributed by atoms with Crippen LogP contribution in [0.5, 0.6) is 0 Å². The monoisotopic (exact) mass is 131 g/mol. The fourth-order valence-electron chi connectivity index (χ4n) is 0.250. The number of hydrogen-bond donors (Lipinski definition) is 0. The van der Waals surface area contributed by atoms with Crippen LogP contribution in [0.25, 0.3) is 0 Å². The van der Waals surface area contributed by atoms with E-state index in [4.69, 9.17) is 0 Å². The molecule has 0 aromatic rings. The van der Waals surface area contributed by atoms with E-state index in [1.165, 1.54) is 12.8 Å². The first-order valence-electron chi connectivity index (χ1n) is 2.21. The second-order valence-corrected chi connectivity index (χ2v) is 1.21. The predicted molar refractivity (Wildman–Crippen MR) is 31.3 cm³/mol. The van der Waals surface area contributed by atoms with Gasteiger partial charge in [-0.3, -0.25) is 0 Å². The molecule has 0 aliphatic carbocycles. The summed E-state index contributed by atoms with van der Waals surface area (Å²) in [7, 11) is 0. The van der Waals surface area contributed by atoms with Crippen molar-refractivity contribution >= 4 is 0 Å². The van der Waals surface area contributed by atoms with E-state index in [2.05, 4.69) is 13.8 Å². The number of hydrogen-bond acceptors (Lipinski definition) is 0. The second kappa shape index (κ2) is 15.8. The Labute approximate surface area is 66.5 Å². The Morgan fingerprint density at radius 3 is 1.86 bits per heavy atom. The SMILES string of the molecule is [CH2-]CCCC.[CH3-].[Sc]. The smallest absolute Gasteiger partial charge is 0 e. The Morgan fingerprint density at radius 2 is 1.86 bits per heavy atom. The van der Waals surface area contributed by atoms with Crippen LogP contribution >= 0.6 is 0 Å². The van der Waals surface area contributed by atoms with Gasteiger partial charge in [0.25, 0.3) is 0 Å². The molecular formula is C6H14Sc-2. The third-order valence-corrected chi connectivity index (χ3v) is 0.604. The molecule has 0 aromatic heterocycles. The van der Waals surface area contributed by atoms with Crippen molar-refractivity contribution < 1.29 is 25.8 Å². The second-order valence-electron chi connectivity index (χ2n) is 1.21. The molecule has 1 radical (unpaired) electrons. The normalized spacial score (nSPS) is 6.00. The summed E-state index contributed by atoms with van der Waals surface area (Å²) < 4.78 is 0. The van der Waals surface area contributed by atoms with Gasteiger partial charge in [0.15, 0.2) is 0 Å². The molecule has 0 nitrogen and oxygen atoms in total. The average Bonchev–Trinajstić information content (AvgIpc) is 1.41. The van der Waals surface area contributed by atoms with Crippen LogP contribution in [-0.4, -0.2) is 0 Å². The molecule has 0 fully saturated rings. The molecular weight excluding hydrogens is 117 g/mol. The summed E-state index contributed by atoms with van der Waals surface area (Å²) in [6, 6.07) is 0. The van der Waals surface area contributed by atoms with Crippen LogP contribution < -0.4 is 0 Å². The van der Waals surface area contributed by atoms with Gasteiger partial charge in [-0.05, 0) is 0 Å². The zero-order valence-corrected chi connectivity index (χ0v) is 7.21. The first kappa shape index (κ1) is 15.7. The maximum Gasteiger partial charge on any atom is 0 e. The predicted octanol–water partition coefficient (Wildman–Crippen LogP) is 2.46. The Hall–Kier alpha value is 0.870. The molecule has 0 aromatic carbocycles. The average molecular weight is 131 g/mol. The topological polar surface area (TPSA) is 0 Å². The van der Waals surface area contributed by atoms with E-state index in [1.54, 1.807) is 0 Å². The fourth-order valence-corrected chi connectivity index (χ4v) is 0.250. The van der Waals surface area contributed by atoms with Gasteiger partial charge in [0.1, 0.15) is 0 Å². The molecule has 0 heterocycles. The van der Waals surface area contributed by atoms with E-state index in [0.717, 1.165) is 6.42 Å². The molecule has 0 saturated heterocycles. The summed E-state index contributed by atoms with van der Waals surface area (Å²) in [6.07, 6.45) is 3.65. The minimum absolute atomic E-state index is 0. The summed E-state index contributed by atoms with van der Waals surface area (Å²) in [5, 5.41) is 0. The van der Waals surface area contributed by atoms with Crippen LogP contribution in [0.1, 0.15) is 26.2 Å². The van der Waals surface area contributed by atoms with Crippen molar-refractivity contribution in [1.29, 1.82) is 0 Å². The fraction of sp³-hybridized carbons (Fsp3) is 0.667. The first-order chi connectivity index (χ1) is 2.41. The van der Waals surface area contributed by atoms with Gasteiger partial charge < -0.3 is 14.4 Å². The maximum atomic E-state index is 3.68. The molecule has 0 aliphatic heterocycles. The van der Waals surface area contributed by atoms with Crippen LogP contribution in [0.2, 0.25) is 0 Å². The van der Waals surface area contributed by atoms with Crippen molar-refractivity contribution in [2.75, 3.05) is 0 Å². The minimum Gasteiger partial charge on any atom is -0.358 e. The Kier molecular flexibility index (Phi) is 35.4. The van der Waals surface area contributed by atoms with Gasteiger partial charge in [-0.25, -0.2) is 0 Å². The molecule has 0 aliphatic rings. The first-order valence-corrected chi connectivity index (χ1v) is 2.21. The largest absolute Gasteiger partial charge is 0.358 e. The Morgan fingerprint density at radius 1 is 1.43 bits per heavy atom. The van der Waals surface area contributed by atoms with Gasteiger partial charge >= 0.3 is 0 Å². The zero-order valence-electron chi connectivity index (χ0n) is 5.41. The van der Waals surface area contributed by atoms with E-state index < -0.39 is 0 Å². The van der Waals surface area contributed by atoms with Gasteiger partial charge in [-0.15, -0.1) is 0 Å². The summed E-state index contributed by atoms with van der Waals surface area (Å²) in [6.45, 7) is 5.85. The van der Waals surface area contributed by atoms with Crippen molar-refractivity contribution in [3.8, 4) is 0 Å². The molecule has 43 valence electrons. The van der Waals surface area contributed by atoms with Gasteiger partial charge in [0.05, 0.1) is 0 Å². The quantitative estimate of drug-likeness (QED) is 0.505. The van der Waals surface area contributed by atoms with Crippen molar-refractivity contribution in [3.05, 3.63) is 14.4 Å². The van der Waals surface area contributed by atoms with Crippen LogP contribution in [0.3, 0.4) is 0 Å². The molecule has 0 spiro atoms. The number of unbranched alkanes of at least 4 members (excludes halogenated alkanes) is 2. The third kappa shape index (κ3) is 19.8. The van der Waals surface area contributed by atoms with E-state index >= 15 is 0 Å². The third-order valence-electron chi connectivity index (χ3n) is 0.604. The molecule has 0 bridgehead atoms. The van der Waals surface area contributed by atoms with Gasteiger partial charge in [-0.2, -0.15) is 6.42 Å². The molecule has 1 heteroatoms. The molecule has 0 N–H and O–H groups in total. The van der Waals surface area contributed by atoms with Crippen molar-refractivity contribution in [2.45, 2.75) is 26.2 Å². The summed E-state index contributed by atoms with van der Waals surface area (Å²) >= 11 is 0. The zero-order chi connectivity index (χ0) is 4.12.